The second-order valence-electron chi connectivity index (χ2n) is 7.74. The van der Waals surface area contributed by atoms with Crippen LogP contribution in [0.25, 0.3) is 5.57 Å². The molecule has 7 heteroatoms. The molecule has 2 aromatic carbocycles. The predicted octanol–water partition coefficient (Wildman–Crippen LogP) is 4.20. The van der Waals surface area contributed by atoms with Crippen LogP contribution < -0.4 is 0 Å². The fourth-order valence-corrected chi connectivity index (χ4v) is 3.89. The molecule has 168 valence electrons. The second kappa shape index (κ2) is 9.73. The van der Waals surface area contributed by atoms with Crippen molar-refractivity contribution >= 4 is 17.4 Å². The highest BCUT2D eigenvalue weighted by Gasteiger charge is 2.41. The van der Waals surface area contributed by atoms with Gasteiger partial charge in [0.1, 0.15) is 17.3 Å². The van der Waals surface area contributed by atoms with Gasteiger partial charge in [0.15, 0.2) is 0 Å². The van der Waals surface area contributed by atoms with Crippen molar-refractivity contribution in [3.05, 3.63) is 107 Å². The van der Waals surface area contributed by atoms with E-state index in [1.54, 1.807) is 24.5 Å². The third-order valence-electron chi connectivity index (χ3n) is 5.65. The Bertz CT molecular complexity index is 1180. The Morgan fingerprint density at radius 1 is 0.818 bits per heavy atom. The quantitative estimate of drug-likeness (QED) is 0.486. The van der Waals surface area contributed by atoms with Crippen molar-refractivity contribution in [1.82, 2.24) is 14.8 Å². The third kappa shape index (κ3) is 4.82. The Morgan fingerprint density at radius 3 is 2.03 bits per heavy atom. The van der Waals surface area contributed by atoms with Crippen molar-refractivity contribution in [2.24, 2.45) is 0 Å². The smallest absolute Gasteiger partial charge is 0.278 e. The van der Waals surface area contributed by atoms with Crippen LogP contribution in [0.1, 0.15) is 23.6 Å². The van der Waals surface area contributed by atoms with Gasteiger partial charge in [0, 0.05) is 25.5 Å². The van der Waals surface area contributed by atoms with E-state index < -0.39 is 23.4 Å². The molecule has 0 unspecified atom stereocenters. The van der Waals surface area contributed by atoms with E-state index in [9.17, 15) is 18.4 Å². The number of halogens is 2. The van der Waals surface area contributed by atoms with Gasteiger partial charge in [-0.05, 0) is 66.4 Å². The number of amides is 2. The molecule has 0 aliphatic carbocycles. The van der Waals surface area contributed by atoms with E-state index in [2.05, 4.69) is 4.98 Å². The molecular weight excluding hydrogens is 424 g/mol. The molecule has 5 nitrogen and oxygen atoms in total. The van der Waals surface area contributed by atoms with E-state index in [4.69, 9.17) is 0 Å². The van der Waals surface area contributed by atoms with Gasteiger partial charge >= 0.3 is 0 Å². The van der Waals surface area contributed by atoms with Crippen LogP contribution in [0.4, 0.5) is 8.78 Å². The molecule has 0 bridgehead atoms. The molecule has 0 saturated carbocycles. The Balaban J connectivity index is 1.69. The molecule has 2 heterocycles. The summed E-state index contributed by atoms with van der Waals surface area (Å²) in [6.07, 6.45) is 4.09. The number of rotatable bonds is 8. The maximum Gasteiger partial charge on any atom is 0.278 e. The molecule has 33 heavy (non-hydrogen) atoms. The summed E-state index contributed by atoms with van der Waals surface area (Å²) in [7, 11) is 0. The molecule has 1 aliphatic rings. The summed E-state index contributed by atoms with van der Waals surface area (Å²) in [5.74, 6) is -1.68. The number of aromatic nitrogens is 1. The number of hydrogen-bond acceptors (Lipinski definition) is 4. The van der Waals surface area contributed by atoms with Gasteiger partial charge in [-0.25, -0.2) is 8.78 Å². The van der Waals surface area contributed by atoms with Crippen molar-refractivity contribution in [1.29, 1.82) is 0 Å². The number of pyridine rings is 1. The highest BCUT2D eigenvalue weighted by Crippen LogP contribution is 2.33. The largest absolute Gasteiger partial charge is 0.366 e. The Hall–Kier alpha value is -3.87. The molecule has 4 rings (SSSR count). The zero-order valence-electron chi connectivity index (χ0n) is 18.2. The van der Waals surface area contributed by atoms with Crippen LogP contribution in [0.5, 0.6) is 0 Å². The average Bonchev–Trinajstić information content (AvgIpc) is 3.07. The number of benzene rings is 2. The maximum atomic E-state index is 13.6. The van der Waals surface area contributed by atoms with Crippen molar-refractivity contribution < 1.29 is 18.4 Å². The van der Waals surface area contributed by atoms with E-state index in [0.29, 0.717) is 36.3 Å². The van der Waals surface area contributed by atoms with E-state index in [0.717, 1.165) is 10.5 Å². The lowest BCUT2D eigenvalue weighted by Gasteiger charge is -2.25. The zero-order chi connectivity index (χ0) is 23.4. The summed E-state index contributed by atoms with van der Waals surface area (Å²) >= 11 is 0. The van der Waals surface area contributed by atoms with E-state index >= 15 is 0 Å². The van der Waals surface area contributed by atoms with Crippen LogP contribution in [0.2, 0.25) is 0 Å². The van der Waals surface area contributed by atoms with Crippen molar-refractivity contribution in [2.45, 2.75) is 19.9 Å². The van der Waals surface area contributed by atoms with Crippen LogP contribution in [0.3, 0.4) is 0 Å². The highest BCUT2D eigenvalue weighted by molar-refractivity contribution is 6.35. The second-order valence-corrected chi connectivity index (χ2v) is 7.74. The Kier molecular flexibility index (Phi) is 6.58. The van der Waals surface area contributed by atoms with Crippen LogP contribution in [0.15, 0.2) is 78.8 Å². The van der Waals surface area contributed by atoms with Crippen molar-refractivity contribution in [2.75, 3.05) is 13.1 Å². The lowest BCUT2D eigenvalue weighted by Crippen LogP contribution is -2.35. The Morgan fingerprint density at radius 2 is 1.42 bits per heavy atom. The van der Waals surface area contributed by atoms with Gasteiger partial charge in [0.2, 0.25) is 0 Å². The zero-order valence-corrected chi connectivity index (χ0v) is 18.2. The Labute approximate surface area is 191 Å². The summed E-state index contributed by atoms with van der Waals surface area (Å²) in [6.45, 7) is 2.97. The molecule has 0 atom stereocenters. The SMILES string of the molecule is CCN(CCc1ccncc1)C1=C(c2ccc(F)cc2)C(=O)N(Cc2ccc(F)cc2)C1=O. The maximum absolute atomic E-state index is 13.6. The van der Waals surface area contributed by atoms with Gasteiger partial charge in [0.05, 0.1) is 12.1 Å². The fourth-order valence-electron chi connectivity index (χ4n) is 3.89. The summed E-state index contributed by atoms with van der Waals surface area (Å²) in [4.78, 5) is 34.0. The lowest BCUT2D eigenvalue weighted by molar-refractivity contribution is -0.138. The normalized spacial score (nSPS) is 13.7. The molecule has 2 amide bonds. The molecular formula is C26H23F2N3O2. The molecule has 0 saturated heterocycles. The molecule has 3 aromatic rings. The first kappa shape index (κ1) is 22.3. The summed E-state index contributed by atoms with van der Waals surface area (Å²) in [5.41, 5.74) is 2.72. The number of carbonyl (C=O) groups excluding carboxylic acids is 2. The topological polar surface area (TPSA) is 53.5 Å². The van der Waals surface area contributed by atoms with Crippen molar-refractivity contribution in [3.63, 3.8) is 0 Å². The van der Waals surface area contributed by atoms with E-state index in [1.165, 1.54) is 36.4 Å². The van der Waals surface area contributed by atoms with E-state index in [-0.39, 0.29) is 12.1 Å². The monoisotopic (exact) mass is 447 g/mol. The first-order chi connectivity index (χ1) is 16.0. The van der Waals surface area contributed by atoms with Gasteiger partial charge in [-0.2, -0.15) is 0 Å². The number of hydrogen-bond donors (Lipinski definition) is 0. The van der Waals surface area contributed by atoms with Gasteiger partial charge < -0.3 is 4.90 Å². The van der Waals surface area contributed by atoms with Crippen LogP contribution in [-0.2, 0) is 22.6 Å². The van der Waals surface area contributed by atoms with Crippen LogP contribution in [-0.4, -0.2) is 39.7 Å². The molecule has 0 spiro atoms. The molecule has 1 aromatic heterocycles. The third-order valence-corrected chi connectivity index (χ3v) is 5.65. The standard InChI is InChI=1S/C26H23F2N3O2/c1-2-30(16-13-18-11-14-29-15-12-18)24-23(20-5-9-22(28)10-6-20)25(32)31(26(24)33)17-19-3-7-21(27)8-4-19/h3-12,14-15H,2,13,16-17H2,1H3. The van der Waals surface area contributed by atoms with Crippen LogP contribution >= 0.6 is 0 Å². The fraction of sp³-hybridized carbons (Fsp3) is 0.192. The summed E-state index contributed by atoms with van der Waals surface area (Å²) in [6, 6.07) is 15.1. The predicted molar refractivity (Wildman–Crippen MR) is 120 cm³/mol. The number of imide groups is 1. The minimum absolute atomic E-state index is 0.0219. The summed E-state index contributed by atoms with van der Waals surface area (Å²) < 4.78 is 26.9. The van der Waals surface area contributed by atoms with Crippen molar-refractivity contribution in [3.8, 4) is 0 Å². The molecule has 0 fully saturated rings. The molecule has 0 N–H and O–H groups in total. The van der Waals surface area contributed by atoms with Gasteiger partial charge in [-0.15, -0.1) is 0 Å². The van der Waals surface area contributed by atoms with E-state index in [1.807, 2.05) is 24.0 Å². The minimum atomic E-state index is -0.451. The number of likely N-dealkylation sites (N-methyl/N-ethyl adjacent to an activating group) is 1. The highest BCUT2D eigenvalue weighted by atomic mass is 19.1. The lowest BCUT2D eigenvalue weighted by atomic mass is 10.0. The average molecular weight is 447 g/mol. The molecule has 0 radical (unpaired) electrons. The number of carbonyl (C=O) groups is 2. The minimum Gasteiger partial charge on any atom is -0.366 e. The molecule has 1 aliphatic heterocycles. The number of nitrogens with zero attached hydrogens (tertiary/aromatic N) is 3. The first-order valence-corrected chi connectivity index (χ1v) is 10.7. The van der Waals surface area contributed by atoms with Gasteiger partial charge in [0.25, 0.3) is 11.8 Å². The van der Waals surface area contributed by atoms with Crippen LogP contribution in [0, 0.1) is 11.6 Å². The van der Waals surface area contributed by atoms with Gasteiger partial charge in [-0.3, -0.25) is 19.5 Å². The summed E-state index contributed by atoms with van der Waals surface area (Å²) in [5, 5.41) is 0. The first-order valence-electron chi connectivity index (χ1n) is 10.7. The van der Waals surface area contributed by atoms with Gasteiger partial charge in [-0.1, -0.05) is 24.3 Å².